The molecule has 0 saturated carbocycles. The predicted molar refractivity (Wildman–Crippen MR) is 119 cm³/mol. The highest BCUT2D eigenvalue weighted by Gasteiger charge is 2.24. The molecule has 0 aliphatic rings. The highest BCUT2D eigenvalue weighted by molar-refractivity contribution is 5.97. The van der Waals surface area contributed by atoms with Crippen molar-refractivity contribution in [2.24, 2.45) is 11.0 Å². The van der Waals surface area contributed by atoms with Gasteiger partial charge in [-0.3, -0.25) is 9.59 Å². The van der Waals surface area contributed by atoms with Crippen LogP contribution in [0.2, 0.25) is 0 Å². The van der Waals surface area contributed by atoms with Gasteiger partial charge in [0.15, 0.2) is 11.5 Å². The topological polar surface area (TPSA) is 98.2 Å². The van der Waals surface area contributed by atoms with E-state index >= 15 is 0 Å². The fraction of sp³-hybridized carbons (Fsp3) is 0.348. The second kappa shape index (κ2) is 11.0. The Balaban J connectivity index is 2.10. The van der Waals surface area contributed by atoms with Crippen LogP contribution in [0, 0.1) is 12.8 Å². The first-order chi connectivity index (χ1) is 14.8. The summed E-state index contributed by atoms with van der Waals surface area (Å²) in [7, 11) is 4.55. The number of nitrogens with zero attached hydrogens (tertiary/aromatic N) is 1. The zero-order valence-corrected chi connectivity index (χ0v) is 18.7. The van der Waals surface area contributed by atoms with E-state index in [1.54, 1.807) is 24.3 Å². The van der Waals surface area contributed by atoms with Crippen molar-refractivity contribution in [2.75, 3.05) is 21.3 Å². The van der Waals surface area contributed by atoms with Crippen LogP contribution in [-0.4, -0.2) is 45.4 Å². The van der Waals surface area contributed by atoms with E-state index in [0.29, 0.717) is 28.4 Å². The van der Waals surface area contributed by atoms with Crippen LogP contribution in [0.4, 0.5) is 0 Å². The number of aryl methyl sites for hydroxylation is 1. The minimum absolute atomic E-state index is 0.134. The maximum atomic E-state index is 12.6. The largest absolute Gasteiger partial charge is 0.493 e. The van der Waals surface area contributed by atoms with Gasteiger partial charge in [0.2, 0.25) is 5.75 Å². The zero-order chi connectivity index (χ0) is 23.0. The molecular formula is C23H29N3O5. The summed E-state index contributed by atoms with van der Waals surface area (Å²) in [6.07, 6.45) is 1.46. The van der Waals surface area contributed by atoms with Gasteiger partial charge in [0, 0.05) is 11.1 Å². The SMILES string of the molecule is COc1cc(C=NNC(=O)C(NC(=O)c2ccc(C)cc2)C(C)C)cc(OC)c1OC. The maximum Gasteiger partial charge on any atom is 0.262 e. The number of carbonyl (C=O) groups is 2. The van der Waals surface area contributed by atoms with Crippen molar-refractivity contribution in [3.63, 3.8) is 0 Å². The molecule has 31 heavy (non-hydrogen) atoms. The molecule has 0 heterocycles. The Bertz CT molecular complexity index is 914. The molecule has 1 unspecified atom stereocenters. The Hall–Kier alpha value is -3.55. The lowest BCUT2D eigenvalue weighted by Crippen LogP contribution is -2.48. The Kier molecular flexibility index (Phi) is 8.43. The van der Waals surface area contributed by atoms with Gasteiger partial charge in [-0.25, -0.2) is 5.43 Å². The number of hydrogen-bond acceptors (Lipinski definition) is 6. The summed E-state index contributed by atoms with van der Waals surface area (Å²) in [5.41, 5.74) is 4.67. The van der Waals surface area contributed by atoms with Crippen LogP contribution in [0.3, 0.4) is 0 Å². The van der Waals surface area contributed by atoms with E-state index in [1.165, 1.54) is 27.5 Å². The Morgan fingerprint density at radius 3 is 2.03 bits per heavy atom. The summed E-state index contributed by atoms with van der Waals surface area (Å²) < 4.78 is 15.9. The van der Waals surface area contributed by atoms with Gasteiger partial charge in [0.1, 0.15) is 6.04 Å². The van der Waals surface area contributed by atoms with Crippen molar-refractivity contribution in [2.45, 2.75) is 26.8 Å². The van der Waals surface area contributed by atoms with E-state index in [0.717, 1.165) is 5.56 Å². The smallest absolute Gasteiger partial charge is 0.262 e. The molecule has 0 saturated heterocycles. The lowest BCUT2D eigenvalue weighted by Gasteiger charge is -2.20. The molecule has 0 spiro atoms. The van der Waals surface area contributed by atoms with Crippen LogP contribution < -0.4 is 25.0 Å². The second-order valence-electron chi connectivity index (χ2n) is 7.25. The van der Waals surface area contributed by atoms with Gasteiger partial charge < -0.3 is 19.5 Å². The Morgan fingerprint density at radius 2 is 1.55 bits per heavy atom. The lowest BCUT2D eigenvalue weighted by molar-refractivity contribution is -0.123. The van der Waals surface area contributed by atoms with Crippen molar-refractivity contribution in [3.05, 3.63) is 53.1 Å². The highest BCUT2D eigenvalue weighted by Crippen LogP contribution is 2.37. The van der Waals surface area contributed by atoms with E-state index in [1.807, 2.05) is 32.9 Å². The molecule has 0 radical (unpaired) electrons. The molecule has 2 aromatic carbocycles. The van der Waals surface area contributed by atoms with Crippen LogP contribution in [0.15, 0.2) is 41.5 Å². The van der Waals surface area contributed by atoms with Crippen LogP contribution in [0.5, 0.6) is 17.2 Å². The number of ether oxygens (including phenoxy) is 3. The van der Waals surface area contributed by atoms with Crippen molar-refractivity contribution in [1.29, 1.82) is 0 Å². The molecule has 0 bridgehead atoms. The summed E-state index contributed by atoms with van der Waals surface area (Å²) in [4.78, 5) is 25.1. The quantitative estimate of drug-likeness (QED) is 0.474. The summed E-state index contributed by atoms with van der Waals surface area (Å²) in [5, 5.41) is 6.79. The fourth-order valence-corrected chi connectivity index (χ4v) is 2.88. The number of hydrazone groups is 1. The van der Waals surface area contributed by atoms with Gasteiger partial charge in [0.25, 0.3) is 11.8 Å². The van der Waals surface area contributed by atoms with E-state index in [-0.39, 0.29) is 11.8 Å². The molecular weight excluding hydrogens is 398 g/mol. The van der Waals surface area contributed by atoms with Crippen molar-refractivity contribution >= 4 is 18.0 Å². The van der Waals surface area contributed by atoms with Gasteiger partial charge in [0.05, 0.1) is 27.5 Å². The molecule has 0 fully saturated rings. The molecule has 1 atom stereocenters. The summed E-state index contributed by atoms with van der Waals surface area (Å²) in [5.74, 6) is 0.539. The molecule has 2 aromatic rings. The number of benzene rings is 2. The maximum absolute atomic E-state index is 12.6. The first-order valence-electron chi connectivity index (χ1n) is 9.81. The fourth-order valence-electron chi connectivity index (χ4n) is 2.88. The summed E-state index contributed by atoms with van der Waals surface area (Å²) in [6.45, 7) is 5.64. The number of hydrogen-bond donors (Lipinski definition) is 2. The van der Waals surface area contributed by atoms with Crippen molar-refractivity contribution < 1.29 is 23.8 Å². The highest BCUT2D eigenvalue weighted by atomic mass is 16.5. The standard InChI is InChI=1S/C23H29N3O5/c1-14(2)20(25-22(27)17-9-7-15(3)8-10-17)23(28)26-24-13-16-11-18(29-4)21(31-6)19(12-16)30-5/h7-14,20H,1-6H3,(H,25,27)(H,26,28). The van der Waals surface area contributed by atoms with Gasteiger partial charge in [-0.05, 0) is 37.1 Å². The van der Waals surface area contributed by atoms with E-state index in [2.05, 4.69) is 15.8 Å². The van der Waals surface area contributed by atoms with Crippen LogP contribution >= 0.6 is 0 Å². The molecule has 8 heteroatoms. The second-order valence-corrected chi connectivity index (χ2v) is 7.25. The molecule has 8 nitrogen and oxygen atoms in total. The van der Waals surface area contributed by atoms with Gasteiger partial charge >= 0.3 is 0 Å². The molecule has 0 aliphatic carbocycles. The summed E-state index contributed by atoms with van der Waals surface area (Å²) >= 11 is 0. The third kappa shape index (κ3) is 6.21. The van der Waals surface area contributed by atoms with Crippen LogP contribution in [0.25, 0.3) is 0 Å². The molecule has 166 valence electrons. The first kappa shape index (κ1) is 23.7. The summed E-state index contributed by atoms with van der Waals surface area (Å²) in [6, 6.07) is 9.81. The lowest BCUT2D eigenvalue weighted by atomic mass is 10.0. The normalized spacial score (nSPS) is 11.8. The number of rotatable bonds is 9. The zero-order valence-electron chi connectivity index (χ0n) is 18.7. The van der Waals surface area contributed by atoms with Gasteiger partial charge in [-0.15, -0.1) is 0 Å². The minimum atomic E-state index is -0.745. The van der Waals surface area contributed by atoms with Crippen molar-refractivity contribution in [3.8, 4) is 17.2 Å². The third-order valence-corrected chi connectivity index (χ3v) is 4.62. The number of methoxy groups -OCH3 is 3. The first-order valence-corrected chi connectivity index (χ1v) is 9.81. The molecule has 2 amide bonds. The van der Waals surface area contributed by atoms with E-state index < -0.39 is 11.9 Å². The predicted octanol–water partition coefficient (Wildman–Crippen LogP) is 2.93. The molecule has 0 aliphatic heterocycles. The average molecular weight is 428 g/mol. The van der Waals surface area contributed by atoms with E-state index in [4.69, 9.17) is 14.2 Å². The Labute approximate surface area is 182 Å². The molecule has 2 N–H and O–H groups in total. The minimum Gasteiger partial charge on any atom is -0.493 e. The number of carbonyl (C=O) groups excluding carboxylic acids is 2. The number of nitrogens with one attached hydrogen (secondary N) is 2. The Morgan fingerprint density at radius 1 is 0.968 bits per heavy atom. The monoisotopic (exact) mass is 427 g/mol. The van der Waals surface area contributed by atoms with Gasteiger partial charge in [-0.2, -0.15) is 5.10 Å². The van der Waals surface area contributed by atoms with Crippen LogP contribution in [-0.2, 0) is 4.79 Å². The number of amides is 2. The average Bonchev–Trinajstić information content (AvgIpc) is 2.76. The van der Waals surface area contributed by atoms with Crippen LogP contribution in [0.1, 0.15) is 35.3 Å². The van der Waals surface area contributed by atoms with Crippen molar-refractivity contribution in [1.82, 2.24) is 10.7 Å². The molecule has 0 aromatic heterocycles. The van der Waals surface area contributed by atoms with Gasteiger partial charge in [-0.1, -0.05) is 31.5 Å². The van der Waals surface area contributed by atoms with E-state index in [9.17, 15) is 9.59 Å². The third-order valence-electron chi connectivity index (χ3n) is 4.62. The molecule has 2 rings (SSSR count).